The SMILES string of the molecule is Cc1cc(Br)cc(C)c1NC(=O)c1ccnc(F)c1F. The van der Waals surface area contributed by atoms with Gasteiger partial charge in [0.1, 0.15) is 0 Å². The van der Waals surface area contributed by atoms with Crippen molar-refractivity contribution in [2.45, 2.75) is 13.8 Å². The van der Waals surface area contributed by atoms with Crippen LogP contribution in [0.5, 0.6) is 0 Å². The van der Waals surface area contributed by atoms with Gasteiger partial charge in [-0.05, 0) is 43.2 Å². The number of amides is 1. The maximum Gasteiger partial charge on any atom is 0.258 e. The number of benzene rings is 1. The Hall–Kier alpha value is -1.82. The van der Waals surface area contributed by atoms with Gasteiger partial charge in [-0.25, -0.2) is 9.37 Å². The van der Waals surface area contributed by atoms with E-state index in [0.29, 0.717) is 5.69 Å². The summed E-state index contributed by atoms with van der Waals surface area (Å²) in [6, 6.07) is 4.79. The second-order valence-corrected chi connectivity index (χ2v) is 5.25. The van der Waals surface area contributed by atoms with Gasteiger partial charge in [-0.2, -0.15) is 4.39 Å². The van der Waals surface area contributed by atoms with Gasteiger partial charge in [0.15, 0.2) is 5.82 Å². The van der Waals surface area contributed by atoms with Crippen molar-refractivity contribution >= 4 is 27.5 Å². The molecular weight excluding hydrogens is 330 g/mol. The number of carbonyl (C=O) groups is 1. The third-order valence-corrected chi connectivity index (χ3v) is 3.29. The Bertz CT molecular complexity index is 666. The van der Waals surface area contributed by atoms with Crippen LogP contribution in [0.15, 0.2) is 28.9 Å². The van der Waals surface area contributed by atoms with E-state index in [-0.39, 0.29) is 5.56 Å². The molecule has 20 heavy (non-hydrogen) atoms. The minimum Gasteiger partial charge on any atom is -0.321 e. The van der Waals surface area contributed by atoms with E-state index >= 15 is 0 Å². The molecule has 2 aromatic rings. The molecule has 1 heterocycles. The van der Waals surface area contributed by atoms with Gasteiger partial charge in [-0.15, -0.1) is 0 Å². The highest BCUT2D eigenvalue weighted by atomic mass is 79.9. The molecule has 6 heteroatoms. The van der Waals surface area contributed by atoms with E-state index in [1.807, 2.05) is 26.0 Å². The topological polar surface area (TPSA) is 42.0 Å². The number of hydrogen-bond donors (Lipinski definition) is 1. The number of aromatic nitrogens is 1. The van der Waals surface area contributed by atoms with Crippen LogP contribution in [0.3, 0.4) is 0 Å². The normalized spacial score (nSPS) is 10.4. The van der Waals surface area contributed by atoms with E-state index < -0.39 is 17.7 Å². The quantitative estimate of drug-likeness (QED) is 0.840. The summed E-state index contributed by atoms with van der Waals surface area (Å²) in [5.74, 6) is -3.25. The molecule has 3 nitrogen and oxygen atoms in total. The van der Waals surface area contributed by atoms with Crippen LogP contribution in [-0.2, 0) is 0 Å². The van der Waals surface area contributed by atoms with Gasteiger partial charge in [0.25, 0.3) is 5.91 Å². The fraction of sp³-hybridized carbons (Fsp3) is 0.143. The first-order valence-corrected chi connectivity index (χ1v) is 6.57. The summed E-state index contributed by atoms with van der Waals surface area (Å²) in [4.78, 5) is 15.2. The Morgan fingerprint density at radius 1 is 1.25 bits per heavy atom. The van der Waals surface area contributed by atoms with Gasteiger partial charge in [0.2, 0.25) is 5.95 Å². The van der Waals surface area contributed by atoms with Crippen molar-refractivity contribution in [3.63, 3.8) is 0 Å². The van der Waals surface area contributed by atoms with E-state index in [2.05, 4.69) is 26.2 Å². The van der Waals surface area contributed by atoms with E-state index in [4.69, 9.17) is 0 Å². The van der Waals surface area contributed by atoms with Crippen LogP contribution in [0.4, 0.5) is 14.5 Å². The Labute approximate surface area is 123 Å². The summed E-state index contributed by atoms with van der Waals surface area (Å²) in [5, 5.41) is 2.60. The predicted octanol–water partition coefficient (Wildman–Crippen LogP) is 3.99. The molecule has 1 N–H and O–H groups in total. The van der Waals surface area contributed by atoms with Crippen molar-refractivity contribution in [1.82, 2.24) is 4.98 Å². The smallest absolute Gasteiger partial charge is 0.258 e. The van der Waals surface area contributed by atoms with E-state index in [1.165, 1.54) is 0 Å². The molecule has 0 aliphatic heterocycles. The Morgan fingerprint density at radius 2 is 1.85 bits per heavy atom. The minimum atomic E-state index is -1.29. The first-order chi connectivity index (χ1) is 9.40. The molecule has 1 amide bonds. The van der Waals surface area contributed by atoms with Crippen LogP contribution in [0, 0.1) is 25.6 Å². The zero-order valence-corrected chi connectivity index (χ0v) is 12.4. The number of hydrogen-bond acceptors (Lipinski definition) is 2. The molecule has 0 radical (unpaired) electrons. The van der Waals surface area contributed by atoms with Crippen molar-refractivity contribution in [1.29, 1.82) is 0 Å². The summed E-state index contributed by atoms with van der Waals surface area (Å²) in [7, 11) is 0. The van der Waals surface area contributed by atoms with Crippen LogP contribution in [0.2, 0.25) is 0 Å². The number of carbonyl (C=O) groups excluding carboxylic acids is 1. The molecule has 2 rings (SSSR count). The molecule has 0 aliphatic rings. The molecule has 0 fully saturated rings. The maximum atomic E-state index is 13.5. The van der Waals surface area contributed by atoms with Crippen molar-refractivity contribution in [2.75, 3.05) is 5.32 Å². The van der Waals surface area contributed by atoms with Gasteiger partial charge in [0.05, 0.1) is 5.56 Å². The molecule has 0 aliphatic carbocycles. The van der Waals surface area contributed by atoms with Crippen molar-refractivity contribution in [3.05, 3.63) is 57.3 Å². The molecule has 1 aromatic carbocycles. The first-order valence-electron chi connectivity index (χ1n) is 5.78. The number of nitrogens with zero attached hydrogens (tertiary/aromatic N) is 1. The number of anilines is 1. The van der Waals surface area contributed by atoms with Gasteiger partial charge >= 0.3 is 0 Å². The van der Waals surface area contributed by atoms with Crippen LogP contribution >= 0.6 is 15.9 Å². The van der Waals surface area contributed by atoms with Gasteiger partial charge in [-0.1, -0.05) is 15.9 Å². The highest BCUT2D eigenvalue weighted by Crippen LogP contribution is 2.25. The Morgan fingerprint density at radius 3 is 2.45 bits per heavy atom. The summed E-state index contributed by atoms with van der Waals surface area (Å²) >= 11 is 3.35. The molecule has 0 saturated heterocycles. The summed E-state index contributed by atoms with van der Waals surface area (Å²) in [5.41, 5.74) is 1.84. The maximum absolute atomic E-state index is 13.5. The van der Waals surface area contributed by atoms with Crippen LogP contribution in [-0.4, -0.2) is 10.9 Å². The van der Waals surface area contributed by atoms with E-state index in [1.54, 1.807) is 0 Å². The molecule has 1 aromatic heterocycles. The second kappa shape index (κ2) is 5.66. The highest BCUT2D eigenvalue weighted by Gasteiger charge is 2.17. The molecule has 0 unspecified atom stereocenters. The Balaban J connectivity index is 2.36. The molecule has 0 spiro atoms. The van der Waals surface area contributed by atoms with Crippen molar-refractivity contribution < 1.29 is 13.6 Å². The average Bonchev–Trinajstić information content (AvgIpc) is 2.36. The number of aryl methyl sites for hydroxylation is 2. The average molecular weight is 341 g/mol. The zero-order valence-electron chi connectivity index (χ0n) is 10.8. The number of pyridine rings is 1. The lowest BCUT2D eigenvalue weighted by molar-refractivity contribution is 0.102. The van der Waals surface area contributed by atoms with Gasteiger partial charge < -0.3 is 5.32 Å². The molecule has 104 valence electrons. The lowest BCUT2D eigenvalue weighted by Crippen LogP contribution is -2.16. The van der Waals surface area contributed by atoms with E-state index in [9.17, 15) is 13.6 Å². The fourth-order valence-electron chi connectivity index (χ4n) is 1.88. The lowest BCUT2D eigenvalue weighted by Gasteiger charge is -2.12. The molecule has 0 saturated carbocycles. The van der Waals surface area contributed by atoms with Gasteiger partial charge in [0, 0.05) is 16.4 Å². The monoisotopic (exact) mass is 340 g/mol. The zero-order chi connectivity index (χ0) is 14.9. The minimum absolute atomic E-state index is 0.376. The van der Waals surface area contributed by atoms with Crippen molar-refractivity contribution in [2.24, 2.45) is 0 Å². The molecule has 0 bridgehead atoms. The number of nitrogens with one attached hydrogen (secondary N) is 1. The summed E-state index contributed by atoms with van der Waals surface area (Å²) in [6.07, 6.45) is 1.05. The lowest BCUT2D eigenvalue weighted by atomic mass is 10.1. The molecule has 0 atom stereocenters. The van der Waals surface area contributed by atoms with E-state index in [0.717, 1.165) is 27.9 Å². The number of rotatable bonds is 2. The van der Waals surface area contributed by atoms with Crippen molar-refractivity contribution in [3.8, 4) is 0 Å². The van der Waals surface area contributed by atoms with Crippen LogP contribution < -0.4 is 5.32 Å². The van der Waals surface area contributed by atoms with Gasteiger partial charge in [-0.3, -0.25) is 4.79 Å². The second-order valence-electron chi connectivity index (χ2n) is 4.33. The predicted molar refractivity (Wildman–Crippen MR) is 75.7 cm³/mol. The van der Waals surface area contributed by atoms with Crippen LogP contribution in [0.25, 0.3) is 0 Å². The summed E-state index contributed by atoms with van der Waals surface area (Å²) < 4.78 is 27.4. The Kier molecular flexibility index (Phi) is 4.13. The fourth-order valence-corrected chi connectivity index (χ4v) is 2.57. The van der Waals surface area contributed by atoms with Crippen LogP contribution in [0.1, 0.15) is 21.5 Å². The number of halogens is 3. The third kappa shape index (κ3) is 2.85. The highest BCUT2D eigenvalue weighted by molar-refractivity contribution is 9.10. The first kappa shape index (κ1) is 14.6. The largest absolute Gasteiger partial charge is 0.321 e. The third-order valence-electron chi connectivity index (χ3n) is 2.83. The standard InChI is InChI=1S/C14H11BrF2N2O/c1-7-5-9(15)6-8(2)12(7)19-14(20)10-3-4-18-13(17)11(10)16/h3-6H,1-2H3,(H,19,20). The molecular formula is C14H11BrF2N2O. The summed E-state index contributed by atoms with van der Waals surface area (Å²) in [6.45, 7) is 3.63.